The van der Waals surface area contributed by atoms with Crippen molar-refractivity contribution >= 4 is 23.4 Å². The molecule has 1 atom stereocenters. The molecule has 0 aliphatic carbocycles. The Morgan fingerprint density at radius 1 is 1.04 bits per heavy atom. The van der Waals surface area contributed by atoms with Crippen LogP contribution in [0.25, 0.3) is 0 Å². The molecule has 1 fully saturated rings. The lowest BCUT2D eigenvalue weighted by molar-refractivity contribution is 0.0474. The maximum atomic E-state index is 12.1. The number of esters is 1. The molecule has 0 unspecified atom stereocenters. The van der Waals surface area contributed by atoms with E-state index < -0.39 is 5.97 Å². The van der Waals surface area contributed by atoms with E-state index >= 15 is 0 Å². The van der Waals surface area contributed by atoms with E-state index in [9.17, 15) is 9.59 Å². The SMILES string of the molecule is O=C(COC(=O)c1ccc(OC[C@H]2CCCO2)cc1)c1ccc(Cl)cc1. The van der Waals surface area contributed by atoms with E-state index in [0.717, 1.165) is 19.4 Å². The molecule has 0 saturated carbocycles. The van der Waals surface area contributed by atoms with Crippen LogP contribution in [0.4, 0.5) is 0 Å². The Labute approximate surface area is 156 Å². The van der Waals surface area contributed by atoms with Gasteiger partial charge in [0, 0.05) is 17.2 Å². The predicted molar refractivity (Wildman–Crippen MR) is 97.0 cm³/mol. The fourth-order valence-corrected chi connectivity index (χ4v) is 2.71. The van der Waals surface area contributed by atoms with Crippen LogP contribution in [0.2, 0.25) is 5.02 Å². The molecule has 1 aliphatic heterocycles. The molecule has 2 aromatic carbocycles. The van der Waals surface area contributed by atoms with Gasteiger partial charge in [-0.1, -0.05) is 11.6 Å². The average molecular weight is 375 g/mol. The number of ketones is 1. The average Bonchev–Trinajstić information content (AvgIpc) is 3.19. The Hall–Kier alpha value is -2.37. The highest BCUT2D eigenvalue weighted by atomic mass is 35.5. The molecule has 0 N–H and O–H groups in total. The topological polar surface area (TPSA) is 61.8 Å². The van der Waals surface area contributed by atoms with Crippen LogP contribution in [0.1, 0.15) is 33.6 Å². The number of ether oxygens (including phenoxy) is 3. The van der Waals surface area contributed by atoms with Crippen LogP contribution in [0, 0.1) is 0 Å². The van der Waals surface area contributed by atoms with E-state index in [1.165, 1.54) is 0 Å². The highest BCUT2D eigenvalue weighted by molar-refractivity contribution is 6.30. The molecule has 1 heterocycles. The van der Waals surface area contributed by atoms with E-state index in [1.807, 2.05) is 0 Å². The van der Waals surface area contributed by atoms with Crippen molar-refractivity contribution in [1.82, 2.24) is 0 Å². The van der Waals surface area contributed by atoms with Gasteiger partial charge >= 0.3 is 5.97 Å². The summed E-state index contributed by atoms with van der Waals surface area (Å²) in [4.78, 5) is 24.1. The van der Waals surface area contributed by atoms with Crippen LogP contribution in [0.3, 0.4) is 0 Å². The van der Waals surface area contributed by atoms with Crippen LogP contribution in [-0.2, 0) is 9.47 Å². The number of carbonyl (C=O) groups is 2. The molecule has 26 heavy (non-hydrogen) atoms. The summed E-state index contributed by atoms with van der Waals surface area (Å²) >= 11 is 5.78. The summed E-state index contributed by atoms with van der Waals surface area (Å²) in [7, 11) is 0. The fraction of sp³-hybridized carbons (Fsp3) is 0.300. The van der Waals surface area contributed by atoms with E-state index in [0.29, 0.717) is 28.5 Å². The highest BCUT2D eigenvalue weighted by Crippen LogP contribution is 2.17. The number of benzene rings is 2. The van der Waals surface area contributed by atoms with Crippen molar-refractivity contribution in [1.29, 1.82) is 0 Å². The Morgan fingerprint density at radius 2 is 1.73 bits per heavy atom. The third-order valence-electron chi connectivity index (χ3n) is 4.05. The molecule has 136 valence electrons. The molecule has 0 radical (unpaired) electrons. The molecule has 0 spiro atoms. The lowest BCUT2D eigenvalue weighted by Gasteiger charge is -2.11. The Bertz CT molecular complexity index is 749. The second-order valence-corrected chi connectivity index (χ2v) is 6.41. The van der Waals surface area contributed by atoms with Crippen molar-refractivity contribution in [3.8, 4) is 5.75 Å². The molecule has 2 aromatic rings. The number of rotatable bonds is 7. The van der Waals surface area contributed by atoms with Gasteiger partial charge in [-0.2, -0.15) is 0 Å². The van der Waals surface area contributed by atoms with Gasteiger partial charge in [-0.3, -0.25) is 4.79 Å². The Morgan fingerprint density at radius 3 is 2.38 bits per heavy atom. The van der Waals surface area contributed by atoms with Crippen molar-refractivity contribution in [2.75, 3.05) is 19.8 Å². The zero-order chi connectivity index (χ0) is 18.4. The minimum atomic E-state index is -0.557. The first kappa shape index (κ1) is 18.4. The molecular formula is C20H19ClO5. The summed E-state index contributed by atoms with van der Waals surface area (Å²) in [6, 6.07) is 13.0. The van der Waals surface area contributed by atoms with Crippen molar-refractivity contribution in [2.45, 2.75) is 18.9 Å². The van der Waals surface area contributed by atoms with Crippen molar-refractivity contribution in [3.05, 3.63) is 64.7 Å². The second-order valence-electron chi connectivity index (χ2n) is 5.98. The first-order valence-electron chi connectivity index (χ1n) is 8.42. The zero-order valence-electron chi connectivity index (χ0n) is 14.2. The fourth-order valence-electron chi connectivity index (χ4n) is 2.59. The van der Waals surface area contributed by atoms with Gasteiger partial charge < -0.3 is 14.2 Å². The van der Waals surface area contributed by atoms with Crippen LogP contribution in [-0.4, -0.2) is 37.7 Å². The molecule has 6 heteroatoms. The molecule has 0 aromatic heterocycles. The van der Waals surface area contributed by atoms with Crippen molar-refractivity contribution in [3.63, 3.8) is 0 Å². The van der Waals surface area contributed by atoms with Gasteiger partial charge in [0.2, 0.25) is 0 Å². The molecule has 0 amide bonds. The highest BCUT2D eigenvalue weighted by Gasteiger charge is 2.16. The first-order chi connectivity index (χ1) is 12.6. The summed E-state index contributed by atoms with van der Waals surface area (Å²) in [6.45, 7) is 0.963. The van der Waals surface area contributed by atoms with E-state index in [-0.39, 0.29) is 18.5 Å². The van der Waals surface area contributed by atoms with E-state index in [1.54, 1.807) is 48.5 Å². The maximum Gasteiger partial charge on any atom is 0.338 e. The quantitative estimate of drug-likeness (QED) is 0.542. The summed E-state index contributed by atoms with van der Waals surface area (Å²) in [5, 5.41) is 0.542. The molecule has 3 rings (SSSR count). The predicted octanol–water partition coefficient (Wildman–Crippen LogP) is 3.94. The smallest absolute Gasteiger partial charge is 0.338 e. The number of hydrogen-bond acceptors (Lipinski definition) is 5. The first-order valence-corrected chi connectivity index (χ1v) is 8.80. The molecule has 1 saturated heterocycles. The molecule has 0 bridgehead atoms. The van der Waals surface area contributed by atoms with Gasteiger partial charge in [0.25, 0.3) is 0 Å². The number of hydrogen-bond donors (Lipinski definition) is 0. The maximum absolute atomic E-state index is 12.1. The Balaban J connectivity index is 1.48. The third kappa shape index (κ3) is 5.07. The van der Waals surface area contributed by atoms with Gasteiger partial charge in [-0.25, -0.2) is 4.79 Å². The van der Waals surface area contributed by atoms with Crippen LogP contribution < -0.4 is 4.74 Å². The molecular weight excluding hydrogens is 356 g/mol. The van der Waals surface area contributed by atoms with Crippen molar-refractivity contribution < 1.29 is 23.8 Å². The van der Waals surface area contributed by atoms with Crippen LogP contribution in [0.15, 0.2) is 48.5 Å². The van der Waals surface area contributed by atoms with Crippen LogP contribution >= 0.6 is 11.6 Å². The minimum Gasteiger partial charge on any atom is -0.491 e. The summed E-state index contributed by atoms with van der Waals surface area (Å²) in [5.74, 6) is -0.182. The lowest BCUT2D eigenvalue weighted by Crippen LogP contribution is -2.16. The molecule has 1 aliphatic rings. The summed E-state index contributed by atoms with van der Waals surface area (Å²) < 4.78 is 16.2. The van der Waals surface area contributed by atoms with E-state index in [4.69, 9.17) is 25.8 Å². The Kier molecular flexibility index (Phi) is 6.26. The second kappa shape index (κ2) is 8.83. The lowest BCUT2D eigenvalue weighted by atomic mass is 10.1. The van der Waals surface area contributed by atoms with Gasteiger partial charge in [-0.15, -0.1) is 0 Å². The standard InChI is InChI=1S/C20H19ClO5/c21-16-7-3-14(4-8-16)19(22)13-26-20(23)15-5-9-17(10-6-15)25-12-18-2-1-11-24-18/h3-10,18H,1-2,11-13H2/t18-/m1/s1. The van der Waals surface area contributed by atoms with Gasteiger partial charge in [0.15, 0.2) is 12.4 Å². The number of halogens is 1. The van der Waals surface area contributed by atoms with E-state index in [2.05, 4.69) is 0 Å². The number of Topliss-reactive ketones (excluding diaryl/α,β-unsaturated/α-hetero) is 1. The largest absolute Gasteiger partial charge is 0.491 e. The zero-order valence-corrected chi connectivity index (χ0v) is 14.9. The minimum absolute atomic E-state index is 0.138. The normalized spacial score (nSPS) is 16.3. The summed E-state index contributed by atoms with van der Waals surface area (Å²) in [6.07, 6.45) is 2.21. The molecule has 5 nitrogen and oxygen atoms in total. The van der Waals surface area contributed by atoms with Crippen LogP contribution in [0.5, 0.6) is 5.75 Å². The van der Waals surface area contributed by atoms with Crippen molar-refractivity contribution in [2.24, 2.45) is 0 Å². The monoisotopic (exact) mass is 374 g/mol. The third-order valence-corrected chi connectivity index (χ3v) is 4.30. The van der Waals surface area contributed by atoms with Gasteiger partial charge in [-0.05, 0) is 61.4 Å². The van der Waals surface area contributed by atoms with Gasteiger partial charge in [0.1, 0.15) is 12.4 Å². The van der Waals surface area contributed by atoms with Gasteiger partial charge in [0.05, 0.1) is 11.7 Å². The summed E-state index contributed by atoms with van der Waals surface area (Å²) in [5.41, 5.74) is 0.804. The number of carbonyl (C=O) groups excluding carboxylic acids is 2.